The number of hydrogen-bond acceptors (Lipinski definition) is 3. The van der Waals surface area contributed by atoms with Crippen molar-refractivity contribution in [2.24, 2.45) is 0 Å². The van der Waals surface area contributed by atoms with E-state index in [1.165, 1.54) is 6.92 Å². The second-order valence-electron chi connectivity index (χ2n) is 2.55. The SMILES string of the molecule is CC(=O)OCC1=CC=COCC1. The maximum absolute atomic E-state index is 10.5. The average molecular weight is 168 g/mol. The summed E-state index contributed by atoms with van der Waals surface area (Å²) >= 11 is 0. The Hall–Kier alpha value is -1.25. The molecule has 0 unspecified atom stereocenters. The van der Waals surface area contributed by atoms with Crippen molar-refractivity contribution in [3.63, 3.8) is 0 Å². The van der Waals surface area contributed by atoms with Crippen molar-refractivity contribution >= 4 is 5.97 Å². The number of allylic oxidation sites excluding steroid dienone is 2. The fourth-order valence-corrected chi connectivity index (χ4v) is 0.887. The van der Waals surface area contributed by atoms with E-state index in [0.29, 0.717) is 13.2 Å². The van der Waals surface area contributed by atoms with Crippen LogP contribution in [0, 0.1) is 0 Å². The highest BCUT2D eigenvalue weighted by Gasteiger charge is 2.01. The predicted octanol–water partition coefficient (Wildman–Crippen LogP) is 1.41. The number of carbonyl (C=O) groups is 1. The highest BCUT2D eigenvalue weighted by atomic mass is 16.5. The van der Waals surface area contributed by atoms with Crippen molar-refractivity contribution < 1.29 is 14.3 Å². The number of ether oxygens (including phenoxy) is 2. The summed E-state index contributed by atoms with van der Waals surface area (Å²) in [4.78, 5) is 10.5. The van der Waals surface area contributed by atoms with E-state index in [0.717, 1.165) is 12.0 Å². The van der Waals surface area contributed by atoms with Gasteiger partial charge in [-0.2, -0.15) is 0 Å². The quantitative estimate of drug-likeness (QED) is 0.585. The second-order valence-corrected chi connectivity index (χ2v) is 2.55. The summed E-state index contributed by atoms with van der Waals surface area (Å²) in [5.74, 6) is -0.245. The molecule has 1 aliphatic rings. The van der Waals surface area contributed by atoms with Gasteiger partial charge in [0.15, 0.2) is 0 Å². The summed E-state index contributed by atoms with van der Waals surface area (Å²) in [5.41, 5.74) is 1.08. The molecule has 0 aromatic heterocycles. The lowest BCUT2D eigenvalue weighted by atomic mass is 10.2. The van der Waals surface area contributed by atoms with E-state index < -0.39 is 0 Å². The van der Waals surface area contributed by atoms with Gasteiger partial charge >= 0.3 is 5.97 Å². The van der Waals surface area contributed by atoms with Crippen LogP contribution in [0.25, 0.3) is 0 Å². The molecule has 1 aliphatic heterocycles. The molecular formula is C9H12O3. The molecule has 0 fully saturated rings. The molecule has 12 heavy (non-hydrogen) atoms. The van der Waals surface area contributed by atoms with E-state index in [2.05, 4.69) is 0 Å². The Balaban J connectivity index is 2.35. The van der Waals surface area contributed by atoms with Crippen molar-refractivity contribution in [1.82, 2.24) is 0 Å². The molecule has 0 atom stereocenters. The number of carbonyl (C=O) groups excluding carboxylic acids is 1. The molecule has 0 radical (unpaired) electrons. The fraction of sp³-hybridized carbons (Fsp3) is 0.444. The first kappa shape index (κ1) is 8.84. The zero-order valence-corrected chi connectivity index (χ0v) is 7.08. The molecule has 0 aromatic carbocycles. The van der Waals surface area contributed by atoms with Gasteiger partial charge in [0, 0.05) is 13.3 Å². The van der Waals surface area contributed by atoms with Crippen molar-refractivity contribution in [2.75, 3.05) is 13.2 Å². The Bertz CT molecular complexity index is 216. The van der Waals surface area contributed by atoms with Crippen LogP contribution in [0.5, 0.6) is 0 Å². The fourth-order valence-electron chi connectivity index (χ4n) is 0.887. The average Bonchev–Trinajstić information content (AvgIpc) is 2.28. The highest BCUT2D eigenvalue weighted by Crippen LogP contribution is 2.06. The van der Waals surface area contributed by atoms with E-state index in [1.54, 1.807) is 6.26 Å². The largest absolute Gasteiger partial charge is 0.501 e. The van der Waals surface area contributed by atoms with Crippen molar-refractivity contribution in [3.8, 4) is 0 Å². The van der Waals surface area contributed by atoms with Gasteiger partial charge in [0.05, 0.1) is 12.9 Å². The van der Waals surface area contributed by atoms with Crippen molar-refractivity contribution in [1.29, 1.82) is 0 Å². The summed E-state index contributed by atoms with van der Waals surface area (Å²) in [6, 6.07) is 0. The summed E-state index contributed by atoms with van der Waals surface area (Å²) in [6.07, 6.45) is 6.18. The Morgan fingerprint density at radius 2 is 2.58 bits per heavy atom. The molecule has 0 saturated carbocycles. The topological polar surface area (TPSA) is 35.5 Å². The molecule has 0 amide bonds. The van der Waals surface area contributed by atoms with Gasteiger partial charge in [-0.3, -0.25) is 4.79 Å². The van der Waals surface area contributed by atoms with Crippen LogP contribution in [0.1, 0.15) is 13.3 Å². The third-order valence-electron chi connectivity index (χ3n) is 1.51. The van der Waals surface area contributed by atoms with Crippen molar-refractivity contribution in [2.45, 2.75) is 13.3 Å². The van der Waals surface area contributed by atoms with Gasteiger partial charge in [-0.25, -0.2) is 0 Å². The lowest BCUT2D eigenvalue weighted by Gasteiger charge is -2.04. The van der Waals surface area contributed by atoms with Crippen LogP contribution in [0.2, 0.25) is 0 Å². The van der Waals surface area contributed by atoms with E-state index in [4.69, 9.17) is 9.47 Å². The van der Waals surface area contributed by atoms with Gasteiger partial charge in [0.25, 0.3) is 0 Å². The molecule has 66 valence electrons. The van der Waals surface area contributed by atoms with Gasteiger partial charge in [-0.05, 0) is 11.6 Å². The molecule has 0 aliphatic carbocycles. The lowest BCUT2D eigenvalue weighted by molar-refractivity contribution is -0.140. The van der Waals surface area contributed by atoms with Crippen molar-refractivity contribution in [3.05, 3.63) is 24.0 Å². The normalized spacial score (nSPS) is 15.9. The third-order valence-corrected chi connectivity index (χ3v) is 1.51. The van der Waals surface area contributed by atoms with E-state index in [9.17, 15) is 4.79 Å². The molecule has 0 spiro atoms. The van der Waals surface area contributed by atoms with Crippen LogP contribution in [-0.2, 0) is 14.3 Å². The minimum atomic E-state index is -0.245. The molecule has 0 saturated heterocycles. The predicted molar refractivity (Wildman–Crippen MR) is 44.4 cm³/mol. The Kier molecular flexibility index (Phi) is 3.38. The maximum atomic E-state index is 10.5. The number of hydrogen-bond donors (Lipinski definition) is 0. The minimum absolute atomic E-state index is 0.245. The van der Waals surface area contributed by atoms with Gasteiger partial charge in [-0.15, -0.1) is 0 Å². The summed E-state index contributed by atoms with van der Waals surface area (Å²) in [6.45, 7) is 2.44. The van der Waals surface area contributed by atoms with E-state index in [1.807, 2.05) is 12.2 Å². The number of esters is 1. The van der Waals surface area contributed by atoms with Crippen LogP contribution in [0.4, 0.5) is 0 Å². The zero-order valence-electron chi connectivity index (χ0n) is 7.08. The first-order chi connectivity index (χ1) is 5.79. The first-order valence-electron chi connectivity index (χ1n) is 3.88. The van der Waals surface area contributed by atoms with Gasteiger partial charge in [0.1, 0.15) is 6.61 Å². The van der Waals surface area contributed by atoms with E-state index in [-0.39, 0.29) is 5.97 Å². The lowest BCUT2D eigenvalue weighted by Crippen LogP contribution is -2.04. The molecule has 3 nitrogen and oxygen atoms in total. The molecule has 1 rings (SSSR count). The summed E-state index contributed by atoms with van der Waals surface area (Å²) < 4.78 is 9.90. The molecule has 3 heteroatoms. The second kappa shape index (κ2) is 4.59. The van der Waals surface area contributed by atoms with Gasteiger partial charge in [0.2, 0.25) is 0 Å². The Morgan fingerprint density at radius 1 is 1.75 bits per heavy atom. The molecule has 1 heterocycles. The summed E-state index contributed by atoms with van der Waals surface area (Å²) in [7, 11) is 0. The Morgan fingerprint density at radius 3 is 3.33 bits per heavy atom. The van der Waals surface area contributed by atoms with Crippen LogP contribution in [0.3, 0.4) is 0 Å². The molecule has 0 aromatic rings. The van der Waals surface area contributed by atoms with Crippen LogP contribution in [-0.4, -0.2) is 19.2 Å². The molecular weight excluding hydrogens is 156 g/mol. The maximum Gasteiger partial charge on any atom is 0.302 e. The van der Waals surface area contributed by atoms with Crippen LogP contribution in [0.15, 0.2) is 24.0 Å². The van der Waals surface area contributed by atoms with E-state index >= 15 is 0 Å². The monoisotopic (exact) mass is 168 g/mol. The first-order valence-corrected chi connectivity index (χ1v) is 3.88. The summed E-state index contributed by atoms with van der Waals surface area (Å²) in [5, 5.41) is 0. The van der Waals surface area contributed by atoms with Gasteiger partial charge in [-0.1, -0.05) is 6.08 Å². The molecule has 0 bridgehead atoms. The van der Waals surface area contributed by atoms with Crippen LogP contribution >= 0.6 is 0 Å². The standard InChI is InChI=1S/C9H12O3/c1-8(10)12-7-9-3-2-5-11-6-4-9/h2-3,5H,4,6-7H2,1H3. The minimum Gasteiger partial charge on any atom is -0.501 e. The smallest absolute Gasteiger partial charge is 0.302 e. The van der Waals surface area contributed by atoms with Gasteiger partial charge < -0.3 is 9.47 Å². The zero-order chi connectivity index (χ0) is 8.81. The number of rotatable bonds is 2. The third kappa shape index (κ3) is 3.23. The highest BCUT2D eigenvalue weighted by molar-refractivity contribution is 5.66. The molecule has 0 N–H and O–H groups in total. The Labute approximate surface area is 71.7 Å². The van der Waals surface area contributed by atoms with Crippen LogP contribution < -0.4 is 0 Å².